The van der Waals surface area contributed by atoms with Gasteiger partial charge in [0.05, 0.1) is 11.7 Å². The number of amides is 1. The molecule has 0 saturated carbocycles. The lowest BCUT2D eigenvalue weighted by Gasteiger charge is -2.19. The first-order valence-corrected chi connectivity index (χ1v) is 7.69. The van der Waals surface area contributed by atoms with Gasteiger partial charge in [0.2, 0.25) is 0 Å². The van der Waals surface area contributed by atoms with Crippen molar-refractivity contribution < 1.29 is 9.53 Å². The lowest BCUT2D eigenvalue weighted by Crippen LogP contribution is -2.39. The predicted octanol–water partition coefficient (Wildman–Crippen LogP) is 2.37. The summed E-state index contributed by atoms with van der Waals surface area (Å²) in [6.07, 6.45) is 1.32. The second kappa shape index (κ2) is 7.28. The summed E-state index contributed by atoms with van der Waals surface area (Å²) in [5, 5.41) is 17.1. The second-order valence-corrected chi connectivity index (χ2v) is 6.39. The van der Waals surface area contributed by atoms with Gasteiger partial charge in [0.1, 0.15) is 5.60 Å². The zero-order valence-corrected chi connectivity index (χ0v) is 14.2. The van der Waals surface area contributed by atoms with E-state index in [4.69, 9.17) is 17.0 Å². The minimum atomic E-state index is -0.500. The van der Waals surface area contributed by atoms with E-state index in [2.05, 4.69) is 26.1 Å². The number of hydrogen-bond acceptors (Lipinski definition) is 4. The van der Waals surface area contributed by atoms with E-state index in [1.807, 2.05) is 39.0 Å². The summed E-state index contributed by atoms with van der Waals surface area (Å²) in [5.74, 6) is 0. The van der Waals surface area contributed by atoms with Crippen molar-refractivity contribution in [2.75, 3.05) is 18.4 Å². The molecule has 2 aromatic rings. The Labute approximate surface area is 140 Å². The second-order valence-electron chi connectivity index (χ2n) is 5.98. The summed E-state index contributed by atoms with van der Waals surface area (Å²) in [6.45, 7) is 6.37. The molecule has 23 heavy (non-hydrogen) atoms. The van der Waals surface area contributed by atoms with Crippen LogP contribution in [0, 0.1) is 0 Å². The van der Waals surface area contributed by atoms with E-state index in [1.165, 1.54) is 0 Å². The number of fused-ring (bicyclic) bond motifs is 1. The molecule has 0 fully saturated rings. The van der Waals surface area contributed by atoms with E-state index < -0.39 is 11.7 Å². The minimum absolute atomic E-state index is 0.413. The van der Waals surface area contributed by atoms with Gasteiger partial charge in [-0.15, -0.1) is 0 Å². The van der Waals surface area contributed by atoms with Crippen molar-refractivity contribution >= 4 is 40.0 Å². The third-order valence-corrected chi connectivity index (χ3v) is 3.02. The number of thiocarbonyl (C=S) groups is 1. The van der Waals surface area contributed by atoms with Gasteiger partial charge in [-0.25, -0.2) is 4.79 Å². The Kier molecular flexibility index (Phi) is 5.38. The molecule has 0 aliphatic rings. The molecule has 1 amide bonds. The number of nitrogens with zero attached hydrogens (tertiary/aromatic N) is 1. The molecule has 124 valence electrons. The highest BCUT2D eigenvalue weighted by Gasteiger charge is 2.15. The fourth-order valence-corrected chi connectivity index (χ4v) is 2.06. The van der Waals surface area contributed by atoms with Crippen LogP contribution in [-0.4, -0.2) is 40.1 Å². The minimum Gasteiger partial charge on any atom is -0.444 e. The maximum atomic E-state index is 11.5. The van der Waals surface area contributed by atoms with E-state index >= 15 is 0 Å². The SMILES string of the molecule is CC(C)(C)OC(=O)NCCNC(=S)Nc1ccc2cn[nH]c2c1. The topological polar surface area (TPSA) is 91.1 Å². The maximum Gasteiger partial charge on any atom is 0.407 e. The van der Waals surface area contributed by atoms with Gasteiger partial charge in [-0.05, 0) is 51.2 Å². The highest BCUT2D eigenvalue weighted by molar-refractivity contribution is 7.80. The highest BCUT2D eigenvalue weighted by Crippen LogP contribution is 2.16. The van der Waals surface area contributed by atoms with Crippen molar-refractivity contribution in [1.29, 1.82) is 0 Å². The van der Waals surface area contributed by atoms with E-state index in [0.29, 0.717) is 18.2 Å². The average Bonchev–Trinajstić information content (AvgIpc) is 2.89. The lowest BCUT2D eigenvalue weighted by molar-refractivity contribution is 0.0529. The first-order chi connectivity index (χ1) is 10.8. The van der Waals surface area contributed by atoms with Crippen molar-refractivity contribution in [1.82, 2.24) is 20.8 Å². The fraction of sp³-hybridized carbons (Fsp3) is 0.400. The number of carbonyl (C=O) groups is 1. The van der Waals surface area contributed by atoms with E-state index in [-0.39, 0.29) is 0 Å². The van der Waals surface area contributed by atoms with Crippen LogP contribution in [-0.2, 0) is 4.74 Å². The predicted molar refractivity (Wildman–Crippen MR) is 94.6 cm³/mol. The van der Waals surface area contributed by atoms with Crippen LogP contribution in [0.4, 0.5) is 10.5 Å². The van der Waals surface area contributed by atoms with Crippen LogP contribution in [0.5, 0.6) is 0 Å². The van der Waals surface area contributed by atoms with Crippen molar-refractivity contribution in [3.05, 3.63) is 24.4 Å². The quantitative estimate of drug-likeness (QED) is 0.506. The molecule has 1 aromatic carbocycles. The Morgan fingerprint density at radius 1 is 1.30 bits per heavy atom. The van der Waals surface area contributed by atoms with Crippen LogP contribution >= 0.6 is 12.2 Å². The van der Waals surface area contributed by atoms with E-state index in [9.17, 15) is 4.79 Å². The average molecular weight is 335 g/mol. The molecular formula is C15H21N5O2S. The van der Waals surface area contributed by atoms with Crippen molar-refractivity contribution in [3.63, 3.8) is 0 Å². The number of alkyl carbamates (subject to hydrolysis) is 1. The number of carbonyl (C=O) groups excluding carboxylic acids is 1. The fourth-order valence-electron chi connectivity index (χ4n) is 1.84. The van der Waals surface area contributed by atoms with Gasteiger partial charge in [-0.2, -0.15) is 5.10 Å². The number of anilines is 1. The Morgan fingerprint density at radius 2 is 2.04 bits per heavy atom. The Bertz CT molecular complexity index is 692. The molecule has 0 aliphatic heterocycles. The summed E-state index contributed by atoms with van der Waals surface area (Å²) >= 11 is 5.21. The number of hydrogen-bond donors (Lipinski definition) is 4. The molecule has 0 saturated heterocycles. The van der Waals surface area contributed by atoms with E-state index in [0.717, 1.165) is 16.6 Å². The Morgan fingerprint density at radius 3 is 2.78 bits per heavy atom. The molecule has 0 spiro atoms. The molecule has 7 nitrogen and oxygen atoms in total. The molecule has 0 bridgehead atoms. The van der Waals surface area contributed by atoms with Gasteiger partial charge in [0.15, 0.2) is 5.11 Å². The third kappa shape index (κ3) is 5.74. The van der Waals surface area contributed by atoms with Gasteiger partial charge in [-0.3, -0.25) is 5.10 Å². The smallest absolute Gasteiger partial charge is 0.407 e. The summed E-state index contributed by atoms with van der Waals surface area (Å²) in [6, 6.07) is 5.80. The first-order valence-electron chi connectivity index (χ1n) is 7.28. The standard InChI is InChI=1S/C15H21N5O2S/c1-15(2,3)22-14(21)17-7-6-16-13(23)19-11-5-4-10-9-18-20-12(10)8-11/h4-5,8-9H,6-7H2,1-3H3,(H,17,21)(H,18,20)(H2,16,19,23). The normalized spacial score (nSPS) is 11.1. The molecule has 8 heteroatoms. The molecule has 4 N–H and O–H groups in total. The Balaban J connectivity index is 1.70. The van der Waals surface area contributed by atoms with Crippen LogP contribution < -0.4 is 16.0 Å². The third-order valence-electron chi connectivity index (χ3n) is 2.78. The van der Waals surface area contributed by atoms with Gasteiger partial charge < -0.3 is 20.7 Å². The number of aromatic amines is 1. The molecule has 0 atom stereocenters. The lowest BCUT2D eigenvalue weighted by atomic mass is 10.2. The summed E-state index contributed by atoms with van der Waals surface area (Å²) < 4.78 is 5.14. The maximum absolute atomic E-state index is 11.5. The van der Waals surface area contributed by atoms with Crippen LogP contribution in [0.2, 0.25) is 0 Å². The molecule has 0 radical (unpaired) electrons. The highest BCUT2D eigenvalue weighted by atomic mass is 32.1. The molecule has 0 unspecified atom stereocenters. The number of aromatic nitrogens is 2. The molecule has 1 aromatic heterocycles. The van der Waals surface area contributed by atoms with E-state index in [1.54, 1.807) is 6.20 Å². The molecular weight excluding hydrogens is 314 g/mol. The number of nitrogens with one attached hydrogen (secondary N) is 4. The van der Waals surface area contributed by atoms with Gasteiger partial charge >= 0.3 is 6.09 Å². The number of ether oxygens (including phenoxy) is 1. The van der Waals surface area contributed by atoms with Crippen molar-refractivity contribution in [2.24, 2.45) is 0 Å². The number of benzene rings is 1. The van der Waals surface area contributed by atoms with Gasteiger partial charge in [-0.1, -0.05) is 0 Å². The zero-order chi connectivity index (χ0) is 16.9. The first kappa shape index (κ1) is 17.0. The van der Waals surface area contributed by atoms with Crippen LogP contribution in [0.25, 0.3) is 10.9 Å². The Hall–Kier alpha value is -2.35. The van der Waals surface area contributed by atoms with Crippen molar-refractivity contribution in [3.8, 4) is 0 Å². The van der Waals surface area contributed by atoms with Crippen LogP contribution in [0.1, 0.15) is 20.8 Å². The summed E-state index contributed by atoms with van der Waals surface area (Å²) in [7, 11) is 0. The van der Waals surface area contributed by atoms with Crippen LogP contribution in [0.3, 0.4) is 0 Å². The molecule has 2 rings (SSSR count). The summed E-state index contributed by atoms with van der Waals surface area (Å²) in [5.41, 5.74) is 1.29. The monoisotopic (exact) mass is 335 g/mol. The van der Waals surface area contributed by atoms with Gasteiger partial charge in [0.25, 0.3) is 0 Å². The molecule has 1 heterocycles. The largest absolute Gasteiger partial charge is 0.444 e. The molecule has 0 aliphatic carbocycles. The van der Waals surface area contributed by atoms with Crippen LogP contribution in [0.15, 0.2) is 24.4 Å². The summed E-state index contributed by atoms with van der Waals surface area (Å²) in [4.78, 5) is 11.5. The number of rotatable bonds is 4. The van der Waals surface area contributed by atoms with Gasteiger partial charge in [0, 0.05) is 24.2 Å². The number of H-pyrrole nitrogens is 1. The zero-order valence-electron chi connectivity index (χ0n) is 13.4. The van der Waals surface area contributed by atoms with Crippen molar-refractivity contribution in [2.45, 2.75) is 26.4 Å².